The van der Waals surface area contributed by atoms with Crippen molar-refractivity contribution in [2.75, 3.05) is 0 Å². The molecule has 3 rings (SSSR count). The molecule has 0 fully saturated rings. The number of nitrogens with zero attached hydrogens (tertiary/aromatic N) is 4. The van der Waals surface area contributed by atoms with E-state index in [-0.39, 0.29) is 16.6 Å². The molecule has 2 aromatic rings. The van der Waals surface area contributed by atoms with Crippen LogP contribution in [0, 0.1) is 11.6 Å². The fourth-order valence-corrected chi connectivity index (χ4v) is 3.72. The first-order valence-electron chi connectivity index (χ1n) is 11.7. The monoisotopic (exact) mass is 551 g/mol. The highest BCUT2D eigenvalue weighted by Crippen LogP contribution is 2.30. The number of aliphatic hydroxyl groups is 1. The molecule has 1 amide bonds. The van der Waals surface area contributed by atoms with Crippen molar-refractivity contribution in [3.63, 3.8) is 0 Å². The van der Waals surface area contributed by atoms with Gasteiger partial charge in [-0.1, -0.05) is 11.6 Å². The molecule has 4 radical (unpaired) electrons. The first-order chi connectivity index (χ1) is 18.1. The zero-order valence-electron chi connectivity index (χ0n) is 22.0. The van der Waals surface area contributed by atoms with Crippen LogP contribution >= 0.6 is 11.6 Å². The fraction of sp³-hybridized carbons (Fsp3) is 0.308. The molecule has 0 saturated heterocycles. The summed E-state index contributed by atoms with van der Waals surface area (Å²) in [6, 6.07) is 1.82. The summed E-state index contributed by atoms with van der Waals surface area (Å²) in [4.78, 5) is 25.8. The molecule has 0 spiro atoms. The van der Waals surface area contributed by atoms with Crippen LogP contribution in [0.25, 0.3) is 0 Å². The third kappa shape index (κ3) is 7.13. The van der Waals surface area contributed by atoms with Gasteiger partial charge < -0.3 is 15.2 Å². The molecule has 0 aromatic carbocycles. The van der Waals surface area contributed by atoms with Crippen LogP contribution in [0.3, 0.4) is 0 Å². The molecule has 1 atom stereocenters. The van der Waals surface area contributed by atoms with Crippen LogP contribution < -0.4 is 5.32 Å². The molecule has 3 heterocycles. The Morgan fingerprint density at radius 3 is 2.56 bits per heavy atom. The minimum Gasteiger partial charge on any atom is -0.500 e. The van der Waals surface area contributed by atoms with E-state index in [4.69, 9.17) is 32.0 Å². The van der Waals surface area contributed by atoms with Crippen molar-refractivity contribution < 1.29 is 23.4 Å². The molecule has 0 unspecified atom stereocenters. The Bertz CT molecular complexity index is 1390. The molecule has 8 nitrogen and oxygen atoms in total. The molecule has 39 heavy (non-hydrogen) atoms. The van der Waals surface area contributed by atoms with E-state index in [9.17, 15) is 18.7 Å². The van der Waals surface area contributed by atoms with E-state index in [1.165, 1.54) is 17.9 Å². The molecule has 13 heteroatoms. The summed E-state index contributed by atoms with van der Waals surface area (Å²) in [7, 11) is 11.9. The number of ether oxygens (including phenoxy) is 1. The highest BCUT2D eigenvalue weighted by Gasteiger charge is 2.29. The van der Waals surface area contributed by atoms with Gasteiger partial charge in [0.15, 0.2) is 5.82 Å². The molecule has 0 bridgehead atoms. The summed E-state index contributed by atoms with van der Waals surface area (Å²) < 4.78 is 33.2. The van der Waals surface area contributed by atoms with Crippen molar-refractivity contribution in [3.8, 4) is 0 Å². The number of allylic oxidation sites excluding steroid dienone is 4. The topological polar surface area (TPSA) is 100 Å². The van der Waals surface area contributed by atoms with Gasteiger partial charge in [0.1, 0.15) is 44.4 Å². The van der Waals surface area contributed by atoms with Gasteiger partial charge in [0.2, 0.25) is 6.41 Å². The van der Waals surface area contributed by atoms with Crippen molar-refractivity contribution in [2.45, 2.75) is 51.7 Å². The van der Waals surface area contributed by atoms with Crippen LogP contribution in [0.5, 0.6) is 0 Å². The Balaban J connectivity index is 1.95. The van der Waals surface area contributed by atoms with E-state index < -0.39 is 34.4 Å². The Morgan fingerprint density at radius 1 is 1.28 bits per heavy atom. The predicted octanol–water partition coefficient (Wildman–Crippen LogP) is 3.81. The predicted molar refractivity (Wildman–Crippen MR) is 144 cm³/mol. The summed E-state index contributed by atoms with van der Waals surface area (Å²) in [5.74, 6) is -1.85. The second-order valence-corrected chi connectivity index (χ2v) is 9.99. The maximum absolute atomic E-state index is 14.3. The maximum Gasteiger partial charge on any atom is 0.218 e. The summed E-state index contributed by atoms with van der Waals surface area (Å²) in [5, 5.41) is 11.3. The number of dihydropyridines is 1. The smallest absolute Gasteiger partial charge is 0.218 e. The van der Waals surface area contributed by atoms with Gasteiger partial charge in [-0.2, -0.15) is 0 Å². The summed E-state index contributed by atoms with van der Waals surface area (Å²) in [6.45, 7) is 8.06. The van der Waals surface area contributed by atoms with Crippen LogP contribution in [0.1, 0.15) is 57.9 Å². The standard InChI is InChI=1S/C26H26B2ClF2N5O3/c1-14-11-33-20(19-6-7-32-24(35-19)25(4,5)38)10-21(14)36(13-37)15(2)8-22(16(3)29)39-26(27,28)23-18(31)9-17(30)12-34-23/h6-13,20,33,38H,1-5H3/b15-8-,22-16?/t20-/m1/s1. The fourth-order valence-electron chi connectivity index (χ4n) is 3.63. The van der Waals surface area contributed by atoms with Gasteiger partial charge in [0.05, 0.1) is 34.1 Å². The Kier molecular flexibility index (Phi) is 9.02. The molecule has 2 N–H and O–H groups in total. The number of amides is 1. The molecular weight excluding hydrogens is 525 g/mol. The molecule has 2 aromatic heterocycles. The van der Waals surface area contributed by atoms with Crippen LogP contribution in [-0.2, 0) is 20.5 Å². The highest BCUT2D eigenvalue weighted by atomic mass is 35.5. The van der Waals surface area contributed by atoms with Crippen molar-refractivity contribution in [3.05, 3.63) is 99.5 Å². The van der Waals surface area contributed by atoms with E-state index in [2.05, 4.69) is 20.3 Å². The van der Waals surface area contributed by atoms with E-state index in [1.54, 1.807) is 52.2 Å². The van der Waals surface area contributed by atoms with Gasteiger partial charge in [-0.05, 0) is 52.3 Å². The van der Waals surface area contributed by atoms with E-state index in [1.807, 2.05) is 0 Å². The number of halogens is 3. The first-order valence-corrected chi connectivity index (χ1v) is 12.1. The zero-order valence-corrected chi connectivity index (χ0v) is 22.8. The van der Waals surface area contributed by atoms with Crippen molar-refractivity contribution in [1.82, 2.24) is 25.2 Å². The SMILES string of the molecule is [B]C([B])(OC(/C=C(/C)N(C=O)C1=C[C@H](c2ccnc(C(C)(C)O)n2)NC=C1C)=C(C)Cl)c1ncc(F)cc1F. The van der Waals surface area contributed by atoms with Crippen LogP contribution in [0.15, 0.2) is 70.6 Å². The van der Waals surface area contributed by atoms with Crippen LogP contribution in [-0.4, -0.2) is 47.1 Å². The van der Waals surface area contributed by atoms with Gasteiger partial charge in [-0.25, -0.2) is 18.7 Å². The van der Waals surface area contributed by atoms with Crippen LogP contribution in [0.4, 0.5) is 8.78 Å². The zero-order chi connectivity index (χ0) is 29.1. The van der Waals surface area contributed by atoms with E-state index in [0.29, 0.717) is 29.6 Å². The number of aromatic nitrogens is 3. The summed E-state index contributed by atoms with van der Waals surface area (Å²) >= 11 is 6.21. The Labute approximate surface area is 233 Å². The average molecular weight is 552 g/mol. The lowest BCUT2D eigenvalue weighted by Gasteiger charge is -2.31. The van der Waals surface area contributed by atoms with Crippen LogP contribution in [0.2, 0.25) is 0 Å². The molecule has 0 saturated carbocycles. The minimum atomic E-state index is -2.31. The van der Waals surface area contributed by atoms with Crippen molar-refractivity contribution >= 4 is 33.7 Å². The van der Waals surface area contributed by atoms with Gasteiger partial charge in [0.25, 0.3) is 0 Å². The lowest BCUT2D eigenvalue weighted by atomic mass is 9.62. The normalized spacial score (nSPS) is 16.9. The lowest BCUT2D eigenvalue weighted by molar-refractivity contribution is -0.115. The number of carbonyl (C=O) groups is 1. The molecule has 0 aliphatic carbocycles. The Morgan fingerprint density at radius 2 is 1.97 bits per heavy atom. The molecular formula is C26H26B2ClF2N5O3. The number of pyridine rings is 1. The van der Waals surface area contributed by atoms with E-state index >= 15 is 0 Å². The quantitative estimate of drug-likeness (QED) is 0.212. The first kappa shape index (κ1) is 30.0. The molecule has 200 valence electrons. The number of carbonyl (C=O) groups excluding carboxylic acids is 1. The highest BCUT2D eigenvalue weighted by molar-refractivity contribution is 6.38. The summed E-state index contributed by atoms with van der Waals surface area (Å²) in [5.41, 5.74) is 0.379. The Hall–Kier alpha value is -3.50. The molecule has 1 aliphatic rings. The number of hydrogen-bond acceptors (Lipinski definition) is 7. The van der Waals surface area contributed by atoms with Gasteiger partial charge in [-0.3, -0.25) is 14.7 Å². The van der Waals surface area contributed by atoms with Gasteiger partial charge >= 0.3 is 0 Å². The largest absolute Gasteiger partial charge is 0.500 e. The van der Waals surface area contributed by atoms with Gasteiger partial charge in [-0.15, -0.1) is 0 Å². The summed E-state index contributed by atoms with van der Waals surface area (Å²) in [6.07, 6.45) is 7.79. The third-order valence-corrected chi connectivity index (χ3v) is 5.82. The van der Waals surface area contributed by atoms with E-state index in [0.717, 1.165) is 11.8 Å². The number of nitrogens with one attached hydrogen (secondary N) is 1. The second-order valence-electron chi connectivity index (χ2n) is 9.43. The van der Waals surface area contributed by atoms with Crippen molar-refractivity contribution in [2.24, 2.45) is 0 Å². The second kappa shape index (κ2) is 11.7. The lowest BCUT2D eigenvalue weighted by Crippen LogP contribution is -2.33. The number of hydrogen-bond donors (Lipinski definition) is 2. The van der Waals surface area contributed by atoms with Crippen molar-refractivity contribution in [1.29, 1.82) is 0 Å². The maximum atomic E-state index is 14.3. The number of rotatable bonds is 9. The average Bonchev–Trinajstić information content (AvgIpc) is 2.84. The third-order valence-electron chi connectivity index (χ3n) is 5.63. The van der Waals surface area contributed by atoms with Gasteiger partial charge in [0, 0.05) is 30.2 Å². The molecule has 1 aliphatic heterocycles. The minimum absolute atomic E-state index is 0.0742.